The van der Waals surface area contributed by atoms with Gasteiger partial charge in [0.25, 0.3) is 0 Å². The van der Waals surface area contributed by atoms with Crippen molar-refractivity contribution in [2.75, 3.05) is 18.6 Å². The Morgan fingerprint density at radius 3 is 2.77 bits per heavy atom. The van der Waals surface area contributed by atoms with Crippen molar-refractivity contribution in [3.05, 3.63) is 48.3 Å². The monoisotopic (exact) mass is 358 g/mol. The quantitative estimate of drug-likeness (QED) is 0.855. The van der Waals surface area contributed by atoms with Crippen LogP contribution in [0.5, 0.6) is 11.5 Å². The first-order chi connectivity index (χ1) is 12.7. The van der Waals surface area contributed by atoms with Gasteiger partial charge in [0.2, 0.25) is 5.91 Å². The fraction of sp³-hybridized carbons (Fsp3) is 0.400. The second kappa shape index (κ2) is 9.77. The Labute approximate surface area is 154 Å². The number of pyridine rings is 1. The van der Waals surface area contributed by atoms with E-state index in [1.807, 2.05) is 26.0 Å². The van der Waals surface area contributed by atoms with E-state index in [-0.39, 0.29) is 24.3 Å². The van der Waals surface area contributed by atoms with Crippen LogP contribution in [0.25, 0.3) is 0 Å². The van der Waals surface area contributed by atoms with Crippen molar-refractivity contribution in [3.8, 4) is 11.5 Å². The third-order valence-electron chi connectivity index (χ3n) is 4.08. The summed E-state index contributed by atoms with van der Waals surface area (Å²) in [5.41, 5.74) is 1.39. The Kier molecular flexibility index (Phi) is 7.41. The smallest absolute Gasteiger partial charge is 0.227 e. The summed E-state index contributed by atoms with van der Waals surface area (Å²) < 4.78 is 11.0. The van der Waals surface area contributed by atoms with Crippen molar-refractivity contribution >= 4 is 11.6 Å². The number of hydrogen-bond acceptors (Lipinski definition) is 5. The average molecular weight is 358 g/mol. The van der Waals surface area contributed by atoms with E-state index in [0.717, 1.165) is 12.1 Å². The summed E-state index contributed by atoms with van der Waals surface area (Å²) in [7, 11) is 1.57. The summed E-state index contributed by atoms with van der Waals surface area (Å²) in [6.45, 7) is 4.61. The van der Waals surface area contributed by atoms with Gasteiger partial charge in [-0.05, 0) is 30.7 Å². The molecule has 1 unspecified atom stereocenters. The van der Waals surface area contributed by atoms with Crippen molar-refractivity contribution in [2.24, 2.45) is 0 Å². The molecule has 1 saturated heterocycles. The van der Waals surface area contributed by atoms with E-state index in [0.29, 0.717) is 24.3 Å². The van der Waals surface area contributed by atoms with E-state index in [2.05, 4.69) is 4.98 Å². The number of phenols is 1. The number of carbonyl (C=O) groups excluding carboxylic acids is 1. The summed E-state index contributed by atoms with van der Waals surface area (Å²) in [4.78, 5) is 18.0. The molecular formula is C20H26N2O4. The van der Waals surface area contributed by atoms with Crippen LogP contribution in [-0.2, 0) is 16.1 Å². The van der Waals surface area contributed by atoms with Gasteiger partial charge in [-0.3, -0.25) is 9.78 Å². The largest absolute Gasteiger partial charge is 0.507 e. The van der Waals surface area contributed by atoms with Gasteiger partial charge in [-0.1, -0.05) is 19.9 Å². The van der Waals surface area contributed by atoms with Crippen LogP contribution in [-0.4, -0.2) is 35.8 Å². The van der Waals surface area contributed by atoms with Crippen molar-refractivity contribution in [1.29, 1.82) is 0 Å². The van der Waals surface area contributed by atoms with E-state index in [9.17, 15) is 9.90 Å². The van der Waals surface area contributed by atoms with Crippen molar-refractivity contribution in [2.45, 2.75) is 39.3 Å². The molecule has 0 radical (unpaired) electrons. The number of benzene rings is 1. The van der Waals surface area contributed by atoms with Crippen LogP contribution in [0.2, 0.25) is 0 Å². The Morgan fingerprint density at radius 1 is 1.27 bits per heavy atom. The van der Waals surface area contributed by atoms with E-state index < -0.39 is 0 Å². The first-order valence-electron chi connectivity index (χ1n) is 8.85. The number of aromatic hydroxyl groups is 1. The summed E-state index contributed by atoms with van der Waals surface area (Å²) in [6.07, 6.45) is 4.58. The lowest BCUT2D eigenvalue weighted by Gasteiger charge is -2.25. The van der Waals surface area contributed by atoms with E-state index >= 15 is 0 Å². The molecule has 1 fully saturated rings. The summed E-state index contributed by atoms with van der Waals surface area (Å²) in [5.74, 6) is 0.785. The summed E-state index contributed by atoms with van der Waals surface area (Å²) >= 11 is 0. The molecule has 6 heteroatoms. The highest BCUT2D eigenvalue weighted by molar-refractivity contribution is 5.96. The number of methoxy groups -OCH3 is 1. The summed E-state index contributed by atoms with van der Waals surface area (Å²) in [5, 5.41) is 9.95. The molecule has 0 spiro atoms. The Balaban J connectivity index is 0.00000117. The van der Waals surface area contributed by atoms with E-state index in [1.54, 1.807) is 42.6 Å². The van der Waals surface area contributed by atoms with Gasteiger partial charge in [0, 0.05) is 19.7 Å². The highest BCUT2D eigenvalue weighted by Gasteiger charge is 2.33. The van der Waals surface area contributed by atoms with Gasteiger partial charge in [-0.15, -0.1) is 0 Å². The van der Waals surface area contributed by atoms with Crippen LogP contribution in [0.15, 0.2) is 42.7 Å². The molecule has 1 aromatic heterocycles. The molecule has 140 valence electrons. The number of carbonyl (C=O) groups is 1. The Morgan fingerprint density at radius 2 is 2.08 bits per heavy atom. The van der Waals surface area contributed by atoms with Crippen molar-refractivity contribution < 1.29 is 19.4 Å². The number of ether oxygens (including phenoxy) is 2. The molecule has 0 aliphatic carbocycles. The Hall–Kier alpha value is -2.60. The molecule has 0 bridgehead atoms. The molecular weight excluding hydrogens is 332 g/mol. The Bertz CT molecular complexity index is 706. The molecule has 1 aromatic carbocycles. The predicted octanol–water partition coefficient (Wildman–Crippen LogP) is 3.53. The lowest BCUT2D eigenvalue weighted by atomic mass is 10.2. The van der Waals surface area contributed by atoms with Gasteiger partial charge in [-0.25, -0.2) is 0 Å². The molecule has 1 atom stereocenters. The van der Waals surface area contributed by atoms with Crippen LogP contribution in [0.4, 0.5) is 5.69 Å². The number of amides is 1. The fourth-order valence-electron chi connectivity index (χ4n) is 2.92. The van der Waals surface area contributed by atoms with Crippen LogP contribution < -0.4 is 9.64 Å². The second-order valence-corrected chi connectivity index (χ2v) is 5.67. The molecule has 3 rings (SSSR count). The zero-order valence-corrected chi connectivity index (χ0v) is 15.5. The van der Waals surface area contributed by atoms with Crippen LogP contribution in [0.1, 0.15) is 32.3 Å². The highest BCUT2D eigenvalue weighted by Crippen LogP contribution is 2.30. The third kappa shape index (κ3) is 4.52. The predicted molar refractivity (Wildman–Crippen MR) is 100 cm³/mol. The van der Waals surface area contributed by atoms with E-state index in [1.165, 1.54) is 0 Å². The lowest BCUT2D eigenvalue weighted by Crippen LogP contribution is -2.37. The number of rotatable bonds is 6. The molecule has 1 amide bonds. The standard InChI is InChI=1S/C18H20N2O4.C2H6/c1-23-12-15-16(21)5-2-6-17(15)24-11-14-7-8-18(22)20(14)13-4-3-9-19-10-13;1-2/h2-6,9-10,14,21H,7-8,11-12H2,1H3;1-2H3. The number of aromatic nitrogens is 1. The first kappa shape index (κ1) is 19.7. The number of hydrogen-bond donors (Lipinski definition) is 1. The molecule has 26 heavy (non-hydrogen) atoms. The van der Waals surface area contributed by atoms with Crippen LogP contribution in [0.3, 0.4) is 0 Å². The minimum Gasteiger partial charge on any atom is -0.507 e. The van der Waals surface area contributed by atoms with Gasteiger partial charge in [0.1, 0.15) is 18.1 Å². The molecule has 1 N–H and O–H groups in total. The maximum absolute atomic E-state index is 12.2. The topological polar surface area (TPSA) is 71.9 Å². The number of nitrogens with zero attached hydrogens (tertiary/aromatic N) is 2. The minimum atomic E-state index is -0.0561. The lowest BCUT2D eigenvalue weighted by molar-refractivity contribution is -0.117. The summed E-state index contributed by atoms with van der Waals surface area (Å²) in [6, 6.07) is 8.74. The molecule has 1 aliphatic heterocycles. The second-order valence-electron chi connectivity index (χ2n) is 5.67. The van der Waals surface area contributed by atoms with Gasteiger partial charge >= 0.3 is 0 Å². The molecule has 0 saturated carbocycles. The van der Waals surface area contributed by atoms with Crippen LogP contribution >= 0.6 is 0 Å². The van der Waals surface area contributed by atoms with Crippen LogP contribution in [0, 0.1) is 0 Å². The maximum atomic E-state index is 12.2. The normalized spacial score (nSPS) is 16.2. The van der Waals surface area contributed by atoms with Gasteiger partial charge < -0.3 is 19.5 Å². The molecule has 6 nitrogen and oxygen atoms in total. The zero-order valence-electron chi connectivity index (χ0n) is 15.5. The molecule has 1 aliphatic rings. The minimum absolute atomic E-state index is 0.0561. The maximum Gasteiger partial charge on any atom is 0.227 e. The van der Waals surface area contributed by atoms with Crippen molar-refractivity contribution in [3.63, 3.8) is 0 Å². The SMILES string of the molecule is CC.COCc1c(O)cccc1OCC1CCC(=O)N1c1cccnc1. The number of phenolic OH excluding ortho intramolecular Hbond substituents is 1. The van der Waals surface area contributed by atoms with E-state index in [4.69, 9.17) is 9.47 Å². The first-order valence-corrected chi connectivity index (χ1v) is 8.85. The third-order valence-corrected chi connectivity index (χ3v) is 4.08. The van der Waals surface area contributed by atoms with Gasteiger partial charge in [0.15, 0.2) is 0 Å². The molecule has 2 heterocycles. The highest BCUT2D eigenvalue weighted by atomic mass is 16.5. The number of anilines is 1. The molecule has 2 aromatic rings. The van der Waals surface area contributed by atoms with Crippen molar-refractivity contribution in [1.82, 2.24) is 4.98 Å². The zero-order chi connectivity index (χ0) is 18.9. The van der Waals surface area contributed by atoms with Gasteiger partial charge in [-0.2, -0.15) is 0 Å². The fourth-order valence-corrected chi connectivity index (χ4v) is 2.92. The average Bonchev–Trinajstić information content (AvgIpc) is 3.05. The van der Waals surface area contributed by atoms with Gasteiger partial charge in [0.05, 0.1) is 30.1 Å².